The maximum atomic E-state index is 6.15. The van der Waals surface area contributed by atoms with E-state index in [2.05, 4.69) is 10.2 Å². The smallest absolute Gasteiger partial charge is 0.231 e. The van der Waals surface area contributed by atoms with Gasteiger partial charge < -0.3 is 19.9 Å². The zero-order valence-electron chi connectivity index (χ0n) is 9.49. The van der Waals surface area contributed by atoms with E-state index >= 15 is 0 Å². The van der Waals surface area contributed by atoms with E-state index < -0.39 is 0 Å². The van der Waals surface area contributed by atoms with Crippen molar-refractivity contribution in [3.05, 3.63) is 17.3 Å². The van der Waals surface area contributed by atoms with Crippen molar-refractivity contribution in [1.29, 1.82) is 0 Å². The molecule has 1 aliphatic heterocycles. The second kappa shape index (κ2) is 3.99. The summed E-state index contributed by atoms with van der Waals surface area (Å²) in [5.74, 6) is 2.02. The molecule has 0 spiro atoms. The predicted molar refractivity (Wildman–Crippen MR) is 66.1 cm³/mol. The Kier molecular flexibility index (Phi) is 2.45. The molecule has 1 aromatic heterocycles. The topological polar surface area (TPSA) is 82.4 Å². The molecule has 2 heterocycles. The Labute approximate surface area is 108 Å². The third-order valence-corrected chi connectivity index (χ3v) is 2.99. The molecule has 0 aliphatic carbocycles. The van der Waals surface area contributed by atoms with Gasteiger partial charge in [-0.25, -0.2) is 0 Å². The molecule has 18 heavy (non-hydrogen) atoms. The van der Waals surface area contributed by atoms with Crippen LogP contribution in [0.25, 0.3) is 11.1 Å². The van der Waals surface area contributed by atoms with Crippen LogP contribution in [0.1, 0.15) is 0 Å². The summed E-state index contributed by atoms with van der Waals surface area (Å²) in [7, 11) is 1.53. The van der Waals surface area contributed by atoms with E-state index in [0.29, 0.717) is 39.2 Å². The minimum atomic E-state index is 0.142. The number of anilines is 1. The van der Waals surface area contributed by atoms with E-state index in [0.717, 1.165) is 0 Å². The minimum absolute atomic E-state index is 0.142. The number of aromatic amines is 1. The van der Waals surface area contributed by atoms with Gasteiger partial charge >= 0.3 is 0 Å². The van der Waals surface area contributed by atoms with Crippen LogP contribution in [0.5, 0.6) is 17.2 Å². The number of fused-ring (bicyclic) bond motifs is 1. The van der Waals surface area contributed by atoms with Crippen molar-refractivity contribution in [3.63, 3.8) is 0 Å². The normalized spacial score (nSPS) is 12.8. The predicted octanol–water partition coefficient (Wildman–Crippen LogP) is 2.05. The summed E-state index contributed by atoms with van der Waals surface area (Å²) in [4.78, 5) is 0. The Morgan fingerprint density at radius 2 is 2.33 bits per heavy atom. The number of nitrogen functional groups attached to an aromatic ring is 1. The van der Waals surface area contributed by atoms with Crippen molar-refractivity contribution < 1.29 is 14.2 Å². The standard InChI is InChI=1S/C11H10ClN3O3/c1-16-9-6(12)2-7-10(18-4-17-7)8(9)5-3-14-15-11(5)13/h2-3H,4H2,1H3,(H3,13,14,15). The molecule has 0 saturated carbocycles. The van der Waals surface area contributed by atoms with Crippen LogP contribution >= 0.6 is 11.6 Å². The van der Waals surface area contributed by atoms with Gasteiger partial charge in [-0.15, -0.1) is 0 Å². The molecule has 7 heteroatoms. The lowest BCUT2D eigenvalue weighted by atomic mass is 10.1. The third kappa shape index (κ3) is 1.46. The Bertz CT molecular complexity index is 608. The molecule has 0 saturated heterocycles. The number of nitrogens with two attached hydrogens (primary N) is 1. The highest BCUT2D eigenvalue weighted by Crippen LogP contribution is 2.51. The molecular formula is C11H10ClN3O3. The van der Waals surface area contributed by atoms with Crippen molar-refractivity contribution in [2.75, 3.05) is 19.6 Å². The number of methoxy groups -OCH3 is 1. The number of benzene rings is 1. The largest absolute Gasteiger partial charge is 0.494 e. The lowest BCUT2D eigenvalue weighted by molar-refractivity contribution is 0.174. The Balaban J connectivity index is 2.33. The average molecular weight is 268 g/mol. The highest BCUT2D eigenvalue weighted by molar-refractivity contribution is 6.33. The lowest BCUT2D eigenvalue weighted by Crippen LogP contribution is -1.95. The first-order valence-electron chi connectivity index (χ1n) is 5.17. The van der Waals surface area contributed by atoms with Gasteiger partial charge in [-0.2, -0.15) is 5.10 Å². The highest BCUT2D eigenvalue weighted by Gasteiger charge is 2.27. The monoisotopic (exact) mass is 267 g/mol. The molecule has 0 radical (unpaired) electrons. The summed E-state index contributed by atoms with van der Waals surface area (Å²) >= 11 is 6.15. The van der Waals surface area contributed by atoms with Crippen molar-refractivity contribution in [2.45, 2.75) is 0 Å². The fourth-order valence-electron chi connectivity index (χ4n) is 1.93. The second-order valence-electron chi connectivity index (χ2n) is 3.70. The Hall–Kier alpha value is -2.08. The minimum Gasteiger partial charge on any atom is -0.494 e. The summed E-state index contributed by atoms with van der Waals surface area (Å²) in [5.41, 5.74) is 7.13. The molecule has 0 bridgehead atoms. The molecule has 1 aliphatic rings. The van der Waals surface area contributed by atoms with Gasteiger partial charge in [0, 0.05) is 6.07 Å². The van der Waals surface area contributed by atoms with Crippen LogP contribution in [0.2, 0.25) is 5.02 Å². The lowest BCUT2D eigenvalue weighted by Gasteiger charge is -2.12. The summed E-state index contributed by atoms with van der Waals surface area (Å²) in [6.45, 7) is 0.142. The number of hydrogen-bond acceptors (Lipinski definition) is 5. The number of hydrogen-bond donors (Lipinski definition) is 2. The van der Waals surface area contributed by atoms with Gasteiger partial charge in [-0.05, 0) is 0 Å². The van der Waals surface area contributed by atoms with E-state index in [1.54, 1.807) is 12.3 Å². The van der Waals surface area contributed by atoms with Gasteiger partial charge in [0.15, 0.2) is 11.5 Å². The molecule has 0 amide bonds. The number of rotatable bonds is 2. The zero-order valence-corrected chi connectivity index (χ0v) is 10.2. The van der Waals surface area contributed by atoms with E-state index in [9.17, 15) is 0 Å². The van der Waals surface area contributed by atoms with Crippen LogP contribution in [0.4, 0.5) is 5.82 Å². The zero-order chi connectivity index (χ0) is 12.7. The molecule has 6 nitrogen and oxygen atoms in total. The average Bonchev–Trinajstić information content (AvgIpc) is 2.96. The number of nitrogens with zero attached hydrogens (tertiary/aromatic N) is 1. The van der Waals surface area contributed by atoms with Crippen LogP contribution in [0, 0.1) is 0 Å². The Morgan fingerprint density at radius 1 is 1.50 bits per heavy atom. The maximum absolute atomic E-state index is 6.15. The Morgan fingerprint density at radius 3 is 3.00 bits per heavy atom. The number of H-pyrrole nitrogens is 1. The summed E-state index contributed by atoms with van der Waals surface area (Å²) in [6, 6.07) is 1.66. The summed E-state index contributed by atoms with van der Waals surface area (Å²) in [5, 5.41) is 6.97. The molecule has 3 N–H and O–H groups in total. The van der Waals surface area contributed by atoms with E-state index in [-0.39, 0.29) is 6.79 Å². The quantitative estimate of drug-likeness (QED) is 0.870. The summed E-state index contributed by atoms with van der Waals surface area (Å²) in [6.07, 6.45) is 1.59. The van der Waals surface area contributed by atoms with Crippen molar-refractivity contribution in [1.82, 2.24) is 10.2 Å². The molecule has 0 unspecified atom stereocenters. The molecule has 94 valence electrons. The molecule has 0 atom stereocenters. The van der Waals surface area contributed by atoms with E-state index in [1.165, 1.54) is 7.11 Å². The van der Waals surface area contributed by atoms with Gasteiger partial charge in [-0.1, -0.05) is 11.6 Å². The fourth-order valence-corrected chi connectivity index (χ4v) is 2.20. The van der Waals surface area contributed by atoms with Gasteiger partial charge in [-0.3, -0.25) is 5.10 Å². The second-order valence-corrected chi connectivity index (χ2v) is 4.10. The van der Waals surface area contributed by atoms with Crippen LogP contribution in [0.3, 0.4) is 0 Å². The first-order valence-corrected chi connectivity index (χ1v) is 5.55. The van der Waals surface area contributed by atoms with Gasteiger partial charge in [0.05, 0.1) is 29.5 Å². The van der Waals surface area contributed by atoms with Gasteiger partial charge in [0.25, 0.3) is 0 Å². The molecule has 0 fully saturated rings. The van der Waals surface area contributed by atoms with E-state index in [4.69, 9.17) is 31.5 Å². The first kappa shape index (κ1) is 11.0. The third-order valence-electron chi connectivity index (χ3n) is 2.71. The molecule has 1 aromatic carbocycles. The molecular weight excluding hydrogens is 258 g/mol. The van der Waals surface area contributed by atoms with Gasteiger partial charge in [0.1, 0.15) is 11.6 Å². The van der Waals surface area contributed by atoms with Crippen molar-refractivity contribution in [2.24, 2.45) is 0 Å². The first-order chi connectivity index (χ1) is 8.72. The van der Waals surface area contributed by atoms with Crippen LogP contribution in [0.15, 0.2) is 12.3 Å². The van der Waals surface area contributed by atoms with Crippen LogP contribution < -0.4 is 19.9 Å². The number of halogens is 1. The van der Waals surface area contributed by atoms with Crippen LogP contribution in [-0.4, -0.2) is 24.1 Å². The fraction of sp³-hybridized carbons (Fsp3) is 0.182. The number of nitrogens with one attached hydrogen (secondary N) is 1. The number of aromatic nitrogens is 2. The molecule has 2 aromatic rings. The highest BCUT2D eigenvalue weighted by atomic mass is 35.5. The van der Waals surface area contributed by atoms with Crippen molar-refractivity contribution >= 4 is 17.4 Å². The van der Waals surface area contributed by atoms with Gasteiger partial charge in [0.2, 0.25) is 6.79 Å². The summed E-state index contributed by atoms with van der Waals surface area (Å²) < 4.78 is 16.1. The molecule has 3 rings (SSSR count). The van der Waals surface area contributed by atoms with Crippen LogP contribution in [-0.2, 0) is 0 Å². The SMILES string of the molecule is COc1c(Cl)cc2c(c1-c1cn[nH]c1N)OCO2. The maximum Gasteiger partial charge on any atom is 0.231 e. The van der Waals surface area contributed by atoms with E-state index in [1.807, 2.05) is 0 Å². The number of ether oxygens (including phenoxy) is 3. The van der Waals surface area contributed by atoms with Crippen molar-refractivity contribution in [3.8, 4) is 28.4 Å².